The van der Waals surface area contributed by atoms with Gasteiger partial charge < -0.3 is 10.1 Å². The van der Waals surface area contributed by atoms with Crippen LogP contribution in [0, 0.1) is 6.92 Å². The van der Waals surface area contributed by atoms with Crippen LogP contribution in [0.1, 0.15) is 32.0 Å². The molecule has 0 fully saturated rings. The summed E-state index contributed by atoms with van der Waals surface area (Å²) in [5, 5.41) is 3.32. The first-order valence-electron chi connectivity index (χ1n) is 6.47. The van der Waals surface area contributed by atoms with E-state index in [0.717, 1.165) is 18.2 Å². The molecule has 0 amide bonds. The van der Waals surface area contributed by atoms with E-state index in [-0.39, 0.29) is 0 Å². The van der Waals surface area contributed by atoms with Gasteiger partial charge in [-0.3, -0.25) is 0 Å². The number of nitrogens with zero attached hydrogens (tertiary/aromatic N) is 2. The molecule has 0 atom stereocenters. The molecule has 1 heterocycles. The molecule has 0 unspecified atom stereocenters. The van der Waals surface area contributed by atoms with Crippen LogP contribution in [0.2, 0.25) is 0 Å². The molecule has 0 saturated heterocycles. The van der Waals surface area contributed by atoms with E-state index in [2.05, 4.69) is 21.5 Å². The third-order valence-electron chi connectivity index (χ3n) is 2.44. The number of hydrogen-bond acceptors (Lipinski definition) is 5. The normalized spacial score (nSPS) is 10.4. The van der Waals surface area contributed by atoms with Gasteiger partial charge in [-0.05, 0) is 38.7 Å². The second-order valence-corrected chi connectivity index (χ2v) is 5.04. The molecule has 5 heteroatoms. The fourth-order valence-electron chi connectivity index (χ4n) is 1.62. The summed E-state index contributed by atoms with van der Waals surface area (Å²) >= 11 is 1.91. The van der Waals surface area contributed by atoms with Crippen LogP contribution in [-0.4, -0.2) is 35.1 Å². The first kappa shape index (κ1) is 15.1. The molecular weight excluding hydrogens is 246 g/mol. The highest BCUT2D eigenvalue weighted by molar-refractivity contribution is 7.98. The van der Waals surface area contributed by atoms with Gasteiger partial charge in [-0.2, -0.15) is 16.7 Å². The average molecular weight is 269 g/mol. The Morgan fingerprint density at radius 1 is 1.28 bits per heavy atom. The van der Waals surface area contributed by atoms with Crippen LogP contribution in [0.3, 0.4) is 0 Å². The summed E-state index contributed by atoms with van der Waals surface area (Å²) in [6, 6.07) is 1.86. The molecule has 0 aliphatic rings. The Morgan fingerprint density at radius 3 is 2.83 bits per heavy atom. The summed E-state index contributed by atoms with van der Waals surface area (Å²) in [5.74, 6) is 3.50. The van der Waals surface area contributed by atoms with Crippen molar-refractivity contribution in [2.75, 3.05) is 30.5 Å². The van der Waals surface area contributed by atoms with Crippen LogP contribution < -0.4 is 10.1 Å². The van der Waals surface area contributed by atoms with E-state index in [4.69, 9.17) is 4.74 Å². The van der Waals surface area contributed by atoms with Crippen molar-refractivity contribution < 1.29 is 4.74 Å². The molecule has 0 aromatic carbocycles. The van der Waals surface area contributed by atoms with Crippen LogP contribution in [0.15, 0.2) is 6.07 Å². The van der Waals surface area contributed by atoms with Gasteiger partial charge >= 0.3 is 0 Å². The fourth-order valence-corrected chi connectivity index (χ4v) is 2.11. The van der Waals surface area contributed by atoms with Crippen molar-refractivity contribution in [2.24, 2.45) is 0 Å². The van der Waals surface area contributed by atoms with E-state index >= 15 is 0 Å². The Kier molecular flexibility index (Phi) is 7.57. The summed E-state index contributed by atoms with van der Waals surface area (Å²) in [5.41, 5.74) is 0. The number of aryl methyl sites for hydroxylation is 1. The largest absolute Gasteiger partial charge is 0.478 e. The molecule has 0 saturated carbocycles. The minimum absolute atomic E-state index is 0.630. The second kappa shape index (κ2) is 9.03. The molecule has 1 aromatic rings. The number of hydrogen-bond donors (Lipinski definition) is 1. The number of thioether (sulfide) groups is 1. The fraction of sp³-hybridized carbons (Fsp3) is 0.692. The van der Waals surface area contributed by atoms with Crippen molar-refractivity contribution in [3.05, 3.63) is 11.9 Å². The zero-order chi connectivity index (χ0) is 13.2. The first-order valence-corrected chi connectivity index (χ1v) is 7.87. The predicted octanol–water partition coefficient (Wildman–Crippen LogP) is 3.13. The third-order valence-corrected chi connectivity index (χ3v) is 3.13. The first-order chi connectivity index (χ1) is 8.76. The van der Waals surface area contributed by atoms with Crippen molar-refractivity contribution in [3.8, 4) is 5.88 Å². The average Bonchev–Trinajstić information content (AvgIpc) is 2.33. The highest BCUT2D eigenvalue weighted by Crippen LogP contribution is 2.13. The van der Waals surface area contributed by atoms with Crippen LogP contribution in [0.25, 0.3) is 0 Å². The van der Waals surface area contributed by atoms with Gasteiger partial charge in [-0.1, -0.05) is 6.42 Å². The zero-order valence-electron chi connectivity index (χ0n) is 11.5. The summed E-state index contributed by atoms with van der Waals surface area (Å²) in [6.45, 7) is 5.42. The molecule has 1 aromatic heterocycles. The zero-order valence-corrected chi connectivity index (χ0v) is 12.3. The maximum atomic E-state index is 5.39. The SMILES string of the molecule is CCOc1cc(NCCCCCSC)nc(C)n1. The van der Waals surface area contributed by atoms with Gasteiger partial charge in [0.15, 0.2) is 0 Å². The molecule has 0 aliphatic heterocycles. The highest BCUT2D eigenvalue weighted by Gasteiger charge is 2.01. The topological polar surface area (TPSA) is 47.0 Å². The molecule has 0 aliphatic carbocycles. The lowest BCUT2D eigenvalue weighted by atomic mass is 10.2. The quantitative estimate of drug-likeness (QED) is 0.698. The number of ether oxygens (including phenoxy) is 1. The van der Waals surface area contributed by atoms with Crippen molar-refractivity contribution >= 4 is 17.6 Å². The molecular formula is C13H23N3OS. The molecule has 18 heavy (non-hydrogen) atoms. The van der Waals surface area contributed by atoms with Crippen molar-refractivity contribution in [1.82, 2.24) is 9.97 Å². The van der Waals surface area contributed by atoms with E-state index in [1.807, 2.05) is 31.7 Å². The number of aromatic nitrogens is 2. The molecule has 0 spiro atoms. The van der Waals surface area contributed by atoms with Gasteiger partial charge in [-0.25, -0.2) is 4.98 Å². The van der Waals surface area contributed by atoms with E-state index in [0.29, 0.717) is 12.5 Å². The number of unbranched alkanes of at least 4 members (excludes halogenated alkanes) is 2. The molecule has 0 radical (unpaired) electrons. The standard InChI is InChI=1S/C13H23N3OS/c1-4-17-13-10-12(15-11(2)16-13)14-8-6-5-7-9-18-3/h10H,4-9H2,1-3H3,(H,14,15,16). The van der Waals surface area contributed by atoms with Crippen LogP contribution in [0.5, 0.6) is 5.88 Å². The number of nitrogens with one attached hydrogen (secondary N) is 1. The molecule has 1 rings (SSSR count). The number of rotatable bonds is 9. The Bertz CT molecular complexity index is 347. The van der Waals surface area contributed by atoms with Crippen LogP contribution >= 0.6 is 11.8 Å². The van der Waals surface area contributed by atoms with Gasteiger partial charge in [0.25, 0.3) is 0 Å². The lowest BCUT2D eigenvalue weighted by Gasteiger charge is -2.08. The maximum Gasteiger partial charge on any atom is 0.218 e. The van der Waals surface area contributed by atoms with E-state index in [1.165, 1.54) is 25.0 Å². The van der Waals surface area contributed by atoms with Crippen LogP contribution in [0.4, 0.5) is 5.82 Å². The van der Waals surface area contributed by atoms with Gasteiger partial charge in [0.2, 0.25) is 5.88 Å². The summed E-state index contributed by atoms with van der Waals surface area (Å²) in [7, 11) is 0. The summed E-state index contributed by atoms with van der Waals surface area (Å²) in [4.78, 5) is 8.56. The summed E-state index contributed by atoms with van der Waals surface area (Å²) in [6.07, 6.45) is 5.87. The van der Waals surface area contributed by atoms with Gasteiger partial charge in [-0.15, -0.1) is 0 Å². The van der Waals surface area contributed by atoms with E-state index < -0.39 is 0 Å². The Morgan fingerprint density at radius 2 is 2.11 bits per heavy atom. The van der Waals surface area contributed by atoms with E-state index in [9.17, 15) is 0 Å². The third kappa shape index (κ3) is 6.10. The number of anilines is 1. The van der Waals surface area contributed by atoms with Crippen molar-refractivity contribution in [3.63, 3.8) is 0 Å². The monoisotopic (exact) mass is 269 g/mol. The molecule has 4 nitrogen and oxygen atoms in total. The molecule has 102 valence electrons. The Hall–Kier alpha value is -0.970. The smallest absolute Gasteiger partial charge is 0.218 e. The lowest BCUT2D eigenvalue weighted by Crippen LogP contribution is -2.06. The lowest BCUT2D eigenvalue weighted by molar-refractivity contribution is 0.325. The Labute approximate surface area is 114 Å². The summed E-state index contributed by atoms with van der Waals surface area (Å²) < 4.78 is 5.39. The molecule has 1 N–H and O–H groups in total. The minimum atomic E-state index is 0.630. The van der Waals surface area contributed by atoms with Crippen molar-refractivity contribution in [2.45, 2.75) is 33.1 Å². The minimum Gasteiger partial charge on any atom is -0.478 e. The maximum absolute atomic E-state index is 5.39. The van der Waals surface area contributed by atoms with E-state index in [1.54, 1.807) is 0 Å². The Balaban J connectivity index is 2.32. The van der Waals surface area contributed by atoms with Crippen LogP contribution in [-0.2, 0) is 0 Å². The van der Waals surface area contributed by atoms with Gasteiger partial charge in [0.05, 0.1) is 6.61 Å². The molecule has 0 bridgehead atoms. The van der Waals surface area contributed by atoms with Gasteiger partial charge in [0, 0.05) is 12.6 Å². The second-order valence-electron chi connectivity index (χ2n) is 4.05. The highest BCUT2D eigenvalue weighted by atomic mass is 32.2. The van der Waals surface area contributed by atoms with Crippen molar-refractivity contribution in [1.29, 1.82) is 0 Å². The van der Waals surface area contributed by atoms with Gasteiger partial charge in [0.1, 0.15) is 11.6 Å². The predicted molar refractivity (Wildman–Crippen MR) is 78.7 cm³/mol.